The van der Waals surface area contributed by atoms with Crippen LogP contribution in [0.5, 0.6) is 5.75 Å². The molecule has 3 amide bonds. The van der Waals surface area contributed by atoms with Crippen molar-refractivity contribution in [1.82, 2.24) is 10.2 Å². The molecule has 2 N–H and O–H groups in total. The summed E-state index contributed by atoms with van der Waals surface area (Å²) in [6.45, 7) is 1.42. The van der Waals surface area contributed by atoms with E-state index in [-0.39, 0.29) is 11.9 Å². The molecule has 8 heteroatoms. The van der Waals surface area contributed by atoms with E-state index >= 15 is 0 Å². The van der Waals surface area contributed by atoms with Crippen LogP contribution >= 0.6 is 0 Å². The second-order valence-electron chi connectivity index (χ2n) is 5.77. The van der Waals surface area contributed by atoms with Gasteiger partial charge in [0.2, 0.25) is 0 Å². The van der Waals surface area contributed by atoms with E-state index in [0.29, 0.717) is 49.5 Å². The van der Waals surface area contributed by atoms with Crippen molar-refractivity contribution < 1.29 is 24.2 Å². The van der Waals surface area contributed by atoms with Crippen molar-refractivity contribution in [2.24, 2.45) is 0 Å². The van der Waals surface area contributed by atoms with Gasteiger partial charge in [0.05, 0.1) is 12.8 Å². The average Bonchev–Trinajstić information content (AvgIpc) is 3.22. The Balaban J connectivity index is 1.92. The zero-order chi connectivity index (χ0) is 17.3. The zero-order valence-corrected chi connectivity index (χ0v) is 13.3. The lowest BCUT2D eigenvalue weighted by molar-refractivity contribution is -0.141. The van der Waals surface area contributed by atoms with Crippen LogP contribution in [0.25, 0.3) is 0 Å². The van der Waals surface area contributed by atoms with Crippen molar-refractivity contribution in [3.63, 3.8) is 0 Å². The van der Waals surface area contributed by atoms with E-state index < -0.39 is 12.0 Å². The van der Waals surface area contributed by atoms with Gasteiger partial charge in [-0.1, -0.05) is 0 Å². The number of likely N-dealkylation sites (tertiary alicyclic amines) is 1. The molecule has 1 aromatic rings. The average molecular weight is 333 g/mol. The van der Waals surface area contributed by atoms with Crippen molar-refractivity contribution in [3.05, 3.63) is 23.8 Å². The molecule has 0 aliphatic carbocycles. The molecule has 2 saturated heterocycles. The van der Waals surface area contributed by atoms with E-state index in [2.05, 4.69) is 5.32 Å². The number of carbonyl (C=O) groups excluding carboxylic acids is 2. The van der Waals surface area contributed by atoms with E-state index in [1.807, 2.05) is 0 Å². The van der Waals surface area contributed by atoms with Crippen LogP contribution in [-0.4, -0.2) is 60.7 Å². The van der Waals surface area contributed by atoms with Crippen LogP contribution in [0.1, 0.15) is 23.2 Å². The van der Waals surface area contributed by atoms with E-state index in [1.165, 1.54) is 16.9 Å². The molecular formula is C16H19N3O5. The van der Waals surface area contributed by atoms with Crippen molar-refractivity contribution in [2.45, 2.75) is 18.9 Å². The third-order valence-electron chi connectivity index (χ3n) is 4.37. The molecule has 0 spiro atoms. The topological polar surface area (TPSA) is 99.2 Å². The Kier molecular flexibility index (Phi) is 4.28. The number of nitrogens with one attached hydrogen (secondary N) is 1. The molecule has 0 radical (unpaired) electrons. The minimum atomic E-state index is -0.992. The highest BCUT2D eigenvalue weighted by atomic mass is 16.5. The first-order valence-corrected chi connectivity index (χ1v) is 7.80. The first-order chi connectivity index (χ1) is 11.5. The quantitative estimate of drug-likeness (QED) is 0.853. The highest BCUT2D eigenvalue weighted by Crippen LogP contribution is 2.31. The minimum Gasteiger partial charge on any atom is -0.495 e. The molecule has 1 aromatic carbocycles. The van der Waals surface area contributed by atoms with Gasteiger partial charge in [-0.2, -0.15) is 0 Å². The largest absolute Gasteiger partial charge is 0.495 e. The molecule has 3 rings (SSSR count). The van der Waals surface area contributed by atoms with Crippen LogP contribution in [0.15, 0.2) is 18.2 Å². The number of carboxylic acids is 1. The Bertz CT molecular complexity index is 690. The van der Waals surface area contributed by atoms with Crippen molar-refractivity contribution >= 4 is 23.6 Å². The van der Waals surface area contributed by atoms with Gasteiger partial charge in [0, 0.05) is 25.2 Å². The van der Waals surface area contributed by atoms with E-state index in [9.17, 15) is 19.5 Å². The second-order valence-corrected chi connectivity index (χ2v) is 5.77. The number of carbonyl (C=O) groups is 3. The van der Waals surface area contributed by atoms with Gasteiger partial charge in [-0.3, -0.25) is 9.69 Å². The van der Waals surface area contributed by atoms with E-state index in [4.69, 9.17) is 4.74 Å². The number of anilines is 1. The Labute approximate surface area is 139 Å². The van der Waals surface area contributed by atoms with Crippen LogP contribution in [0.2, 0.25) is 0 Å². The smallest absolute Gasteiger partial charge is 0.326 e. The van der Waals surface area contributed by atoms with Gasteiger partial charge in [0.25, 0.3) is 5.91 Å². The van der Waals surface area contributed by atoms with Crippen LogP contribution < -0.4 is 15.0 Å². The summed E-state index contributed by atoms with van der Waals surface area (Å²) in [7, 11) is 1.50. The lowest BCUT2D eigenvalue weighted by Crippen LogP contribution is -2.40. The van der Waals surface area contributed by atoms with E-state index in [1.54, 1.807) is 18.2 Å². The number of rotatable bonds is 4. The molecule has 128 valence electrons. The Hall–Kier alpha value is -2.77. The van der Waals surface area contributed by atoms with Gasteiger partial charge in [0.1, 0.15) is 11.8 Å². The van der Waals surface area contributed by atoms with Gasteiger partial charge in [0.15, 0.2) is 0 Å². The maximum Gasteiger partial charge on any atom is 0.326 e. The molecular weight excluding hydrogens is 314 g/mol. The molecule has 1 atom stereocenters. The van der Waals surface area contributed by atoms with Gasteiger partial charge < -0.3 is 20.1 Å². The van der Waals surface area contributed by atoms with Crippen LogP contribution in [0.3, 0.4) is 0 Å². The normalized spacial score (nSPS) is 20.2. The number of hydrogen-bond donors (Lipinski definition) is 2. The number of hydrogen-bond acceptors (Lipinski definition) is 4. The maximum atomic E-state index is 12.7. The SMILES string of the molecule is COc1ccc(C(=O)N2CCC[C@@H]2C(=O)O)cc1N1CCNC1=O. The Morgan fingerprint density at radius 2 is 2.12 bits per heavy atom. The molecule has 0 aromatic heterocycles. The first kappa shape index (κ1) is 16.1. The fourth-order valence-electron chi connectivity index (χ4n) is 3.17. The summed E-state index contributed by atoms with van der Waals surface area (Å²) >= 11 is 0. The Morgan fingerprint density at radius 3 is 2.75 bits per heavy atom. The van der Waals surface area contributed by atoms with Gasteiger partial charge in [-0.25, -0.2) is 9.59 Å². The molecule has 0 bridgehead atoms. The van der Waals surface area contributed by atoms with Gasteiger partial charge in [-0.15, -0.1) is 0 Å². The summed E-state index contributed by atoms with van der Waals surface area (Å²) in [5.74, 6) is -0.850. The third-order valence-corrected chi connectivity index (χ3v) is 4.37. The molecule has 0 unspecified atom stereocenters. The fourth-order valence-corrected chi connectivity index (χ4v) is 3.17. The highest BCUT2D eigenvalue weighted by molar-refractivity contribution is 6.01. The lowest BCUT2D eigenvalue weighted by atomic mass is 10.1. The van der Waals surface area contributed by atoms with Crippen molar-refractivity contribution in [2.75, 3.05) is 31.6 Å². The number of nitrogens with zero attached hydrogens (tertiary/aromatic N) is 2. The number of amides is 3. The molecule has 2 aliphatic rings. The molecule has 0 saturated carbocycles. The van der Waals surface area contributed by atoms with Crippen LogP contribution in [0, 0.1) is 0 Å². The van der Waals surface area contributed by atoms with Gasteiger partial charge in [-0.05, 0) is 31.0 Å². The predicted molar refractivity (Wildman–Crippen MR) is 85.4 cm³/mol. The number of aliphatic carboxylic acids is 1. The summed E-state index contributed by atoms with van der Waals surface area (Å²) < 4.78 is 5.28. The lowest BCUT2D eigenvalue weighted by Gasteiger charge is -2.23. The summed E-state index contributed by atoms with van der Waals surface area (Å²) in [4.78, 5) is 38.8. The molecule has 8 nitrogen and oxygen atoms in total. The monoisotopic (exact) mass is 333 g/mol. The number of urea groups is 1. The summed E-state index contributed by atoms with van der Waals surface area (Å²) in [5.41, 5.74) is 0.850. The van der Waals surface area contributed by atoms with Gasteiger partial charge >= 0.3 is 12.0 Å². The second kappa shape index (κ2) is 6.38. The number of carboxylic acid groups (broad SMARTS) is 1. The van der Waals surface area contributed by atoms with E-state index in [0.717, 1.165) is 0 Å². The zero-order valence-electron chi connectivity index (χ0n) is 13.3. The molecule has 2 heterocycles. The summed E-state index contributed by atoms with van der Waals surface area (Å²) in [6, 6.07) is 3.76. The van der Waals surface area contributed by atoms with Crippen LogP contribution in [-0.2, 0) is 4.79 Å². The predicted octanol–water partition coefficient (Wildman–Crippen LogP) is 0.914. The maximum absolute atomic E-state index is 12.7. The third kappa shape index (κ3) is 2.75. The first-order valence-electron chi connectivity index (χ1n) is 7.80. The number of benzene rings is 1. The van der Waals surface area contributed by atoms with Crippen molar-refractivity contribution in [3.8, 4) is 5.75 Å². The summed E-state index contributed by atoms with van der Waals surface area (Å²) in [6.07, 6.45) is 1.12. The number of ether oxygens (including phenoxy) is 1. The number of methoxy groups -OCH3 is 1. The van der Waals surface area contributed by atoms with Crippen LogP contribution in [0.4, 0.5) is 10.5 Å². The van der Waals surface area contributed by atoms with Crippen molar-refractivity contribution in [1.29, 1.82) is 0 Å². The standard InChI is InChI=1S/C16H19N3O5/c1-24-13-5-4-10(9-12(13)19-8-6-17-16(19)23)14(20)18-7-2-3-11(18)15(21)22/h4-5,9,11H,2-3,6-8H2,1H3,(H,17,23)(H,21,22)/t11-/m1/s1. The Morgan fingerprint density at radius 1 is 1.33 bits per heavy atom. The minimum absolute atomic E-state index is 0.248. The highest BCUT2D eigenvalue weighted by Gasteiger charge is 2.35. The molecule has 2 fully saturated rings. The molecule has 24 heavy (non-hydrogen) atoms. The fraction of sp³-hybridized carbons (Fsp3) is 0.438. The molecule has 2 aliphatic heterocycles. The summed E-state index contributed by atoms with van der Waals surface area (Å²) in [5, 5.41) is 12.0.